The van der Waals surface area contributed by atoms with Crippen LogP contribution < -0.4 is 10.6 Å². The average Bonchev–Trinajstić information content (AvgIpc) is 2.57. The molecule has 0 atom stereocenters. The van der Waals surface area contributed by atoms with Crippen molar-refractivity contribution in [3.8, 4) is 0 Å². The maximum atomic E-state index is 12.2. The van der Waals surface area contributed by atoms with Gasteiger partial charge in [-0.15, -0.1) is 0 Å². The van der Waals surface area contributed by atoms with E-state index < -0.39 is 0 Å². The van der Waals surface area contributed by atoms with E-state index in [9.17, 15) is 4.79 Å². The third kappa shape index (κ3) is 3.43. The van der Waals surface area contributed by atoms with E-state index in [4.69, 9.17) is 0 Å². The molecule has 0 radical (unpaired) electrons. The highest BCUT2D eigenvalue weighted by Crippen LogP contribution is 2.15. The van der Waals surface area contributed by atoms with Gasteiger partial charge >= 0.3 is 0 Å². The van der Waals surface area contributed by atoms with Gasteiger partial charge in [-0.05, 0) is 36.4 Å². The van der Waals surface area contributed by atoms with Crippen molar-refractivity contribution in [1.29, 1.82) is 0 Å². The maximum Gasteiger partial charge on any atom is 0.255 e. The Bertz CT molecular complexity index is 762. The van der Waals surface area contributed by atoms with Gasteiger partial charge in [-0.1, -0.05) is 6.07 Å². The minimum atomic E-state index is -0.191. The van der Waals surface area contributed by atoms with E-state index in [0.717, 1.165) is 5.69 Å². The monoisotopic (exact) mass is 291 g/mol. The molecule has 0 fully saturated rings. The molecule has 0 saturated heterocycles. The Morgan fingerprint density at radius 3 is 2.41 bits per heavy atom. The first-order chi connectivity index (χ1) is 10.8. The molecule has 0 aliphatic carbocycles. The standard InChI is InChI=1S/C16H13N5O/c22-15(20-13-5-9-17-10-6-13)12-3-1-4-14(11-12)21-16-18-7-2-8-19-16/h1-11H,(H,17,20,22)(H,18,19,21). The number of aromatic nitrogens is 3. The summed E-state index contributed by atoms with van der Waals surface area (Å²) >= 11 is 0. The quantitative estimate of drug-likeness (QED) is 0.772. The number of pyridine rings is 1. The lowest BCUT2D eigenvalue weighted by Gasteiger charge is -2.08. The van der Waals surface area contributed by atoms with E-state index in [-0.39, 0.29) is 5.91 Å². The summed E-state index contributed by atoms with van der Waals surface area (Å²) in [6, 6.07) is 12.3. The van der Waals surface area contributed by atoms with Gasteiger partial charge < -0.3 is 10.6 Å². The third-order valence-corrected chi connectivity index (χ3v) is 2.88. The van der Waals surface area contributed by atoms with Crippen molar-refractivity contribution in [2.75, 3.05) is 10.6 Å². The first kappa shape index (κ1) is 13.7. The van der Waals surface area contributed by atoms with Gasteiger partial charge in [0.1, 0.15) is 0 Å². The Morgan fingerprint density at radius 1 is 0.864 bits per heavy atom. The van der Waals surface area contributed by atoms with Gasteiger partial charge in [0.25, 0.3) is 5.91 Å². The molecule has 2 aromatic heterocycles. The summed E-state index contributed by atoms with van der Waals surface area (Å²) in [6.45, 7) is 0. The summed E-state index contributed by atoms with van der Waals surface area (Å²) in [5.74, 6) is 0.290. The second-order valence-corrected chi connectivity index (χ2v) is 4.47. The number of nitrogens with one attached hydrogen (secondary N) is 2. The number of hydrogen-bond acceptors (Lipinski definition) is 5. The molecule has 0 aliphatic rings. The van der Waals surface area contributed by atoms with Gasteiger partial charge in [-0.3, -0.25) is 9.78 Å². The first-order valence-corrected chi connectivity index (χ1v) is 6.67. The van der Waals surface area contributed by atoms with Crippen LogP contribution in [-0.2, 0) is 0 Å². The van der Waals surface area contributed by atoms with E-state index in [0.29, 0.717) is 17.2 Å². The van der Waals surface area contributed by atoms with E-state index in [2.05, 4.69) is 25.6 Å². The molecule has 0 spiro atoms. The molecule has 0 unspecified atom stereocenters. The number of carbonyl (C=O) groups is 1. The van der Waals surface area contributed by atoms with Crippen molar-refractivity contribution >= 4 is 23.2 Å². The molecular formula is C16H13N5O. The summed E-state index contributed by atoms with van der Waals surface area (Å²) < 4.78 is 0. The maximum absolute atomic E-state index is 12.2. The van der Waals surface area contributed by atoms with Gasteiger partial charge in [0.05, 0.1) is 0 Å². The fourth-order valence-electron chi connectivity index (χ4n) is 1.87. The van der Waals surface area contributed by atoms with Crippen LogP contribution in [0.15, 0.2) is 67.3 Å². The summed E-state index contributed by atoms with van der Waals surface area (Å²) in [6.07, 6.45) is 6.55. The number of rotatable bonds is 4. The molecule has 22 heavy (non-hydrogen) atoms. The number of benzene rings is 1. The van der Waals surface area contributed by atoms with Crippen molar-refractivity contribution in [2.24, 2.45) is 0 Å². The highest BCUT2D eigenvalue weighted by atomic mass is 16.1. The van der Waals surface area contributed by atoms with Crippen molar-refractivity contribution in [1.82, 2.24) is 15.0 Å². The highest BCUT2D eigenvalue weighted by Gasteiger charge is 2.07. The molecule has 3 aromatic rings. The number of hydrogen-bond donors (Lipinski definition) is 2. The average molecular weight is 291 g/mol. The largest absolute Gasteiger partial charge is 0.324 e. The van der Waals surface area contributed by atoms with Crippen molar-refractivity contribution in [2.45, 2.75) is 0 Å². The Hall–Kier alpha value is -3.28. The molecule has 108 valence electrons. The normalized spacial score (nSPS) is 10.0. The molecular weight excluding hydrogens is 278 g/mol. The molecule has 1 aromatic carbocycles. The highest BCUT2D eigenvalue weighted by molar-refractivity contribution is 6.04. The van der Waals surface area contributed by atoms with Crippen LogP contribution in [0.2, 0.25) is 0 Å². The van der Waals surface area contributed by atoms with Crippen LogP contribution in [0.1, 0.15) is 10.4 Å². The van der Waals surface area contributed by atoms with Crippen LogP contribution in [0.5, 0.6) is 0 Å². The Kier molecular flexibility index (Phi) is 4.01. The molecule has 1 amide bonds. The first-order valence-electron chi connectivity index (χ1n) is 6.67. The zero-order valence-corrected chi connectivity index (χ0v) is 11.6. The van der Waals surface area contributed by atoms with Gasteiger partial charge in [0.15, 0.2) is 0 Å². The molecule has 6 heteroatoms. The number of anilines is 3. The lowest BCUT2D eigenvalue weighted by Crippen LogP contribution is -2.12. The molecule has 6 nitrogen and oxygen atoms in total. The van der Waals surface area contributed by atoms with Crippen LogP contribution in [0.25, 0.3) is 0 Å². The Morgan fingerprint density at radius 2 is 1.64 bits per heavy atom. The summed E-state index contributed by atoms with van der Waals surface area (Å²) in [7, 11) is 0. The zero-order valence-electron chi connectivity index (χ0n) is 11.6. The van der Waals surface area contributed by atoms with Crippen LogP contribution in [0.4, 0.5) is 17.3 Å². The summed E-state index contributed by atoms with van der Waals surface area (Å²) in [4.78, 5) is 24.3. The fraction of sp³-hybridized carbons (Fsp3) is 0. The topological polar surface area (TPSA) is 79.8 Å². The lowest BCUT2D eigenvalue weighted by molar-refractivity contribution is 0.102. The Labute approximate surface area is 127 Å². The zero-order chi connectivity index (χ0) is 15.2. The number of nitrogens with zero attached hydrogens (tertiary/aromatic N) is 3. The van der Waals surface area contributed by atoms with E-state index in [1.165, 1.54) is 0 Å². The second kappa shape index (κ2) is 6.45. The molecule has 0 bridgehead atoms. The lowest BCUT2D eigenvalue weighted by atomic mass is 10.2. The molecule has 0 aliphatic heterocycles. The van der Waals surface area contributed by atoms with E-state index in [1.54, 1.807) is 61.2 Å². The predicted octanol–water partition coefficient (Wildman–Crippen LogP) is 2.87. The third-order valence-electron chi connectivity index (χ3n) is 2.88. The Balaban J connectivity index is 1.75. The summed E-state index contributed by atoms with van der Waals surface area (Å²) in [5, 5.41) is 5.86. The number of carbonyl (C=O) groups excluding carboxylic acids is 1. The predicted molar refractivity (Wildman–Crippen MR) is 83.9 cm³/mol. The van der Waals surface area contributed by atoms with Crippen molar-refractivity contribution in [3.63, 3.8) is 0 Å². The number of amides is 1. The fourth-order valence-corrected chi connectivity index (χ4v) is 1.87. The van der Waals surface area contributed by atoms with Crippen molar-refractivity contribution in [3.05, 3.63) is 72.8 Å². The minimum Gasteiger partial charge on any atom is -0.324 e. The SMILES string of the molecule is O=C(Nc1ccncc1)c1cccc(Nc2ncccn2)c1. The molecule has 0 saturated carbocycles. The van der Waals surface area contributed by atoms with Gasteiger partial charge in [0, 0.05) is 41.7 Å². The van der Waals surface area contributed by atoms with E-state index >= 15 is 0 Å². The van der Waals surface area contributed by atoms with Gasteiger partial charge in [-0.25, -0.2) is 9.97 Å². The van der Waals surface area contributed by atoms with Crippen LogP contribution >= 0.6 is 0 Å². The van der Waals surface area contributed by atoms with Crippen molar-refractivity contribution < 1.29 is 4.79 Å². The summed E-state index contributed by atoms with van der Waals surface area (Å²) in [5.41, 5.74) is 1.98. The van der Waals surface area contributed by atoms with Crippen LogP contribution in [0.3, 0.4) is 0 Å². The van der Waals surface area contributed by atoms with Gasteiger partial charge in [0.2, 0.25) is 5.95 Å². The molecule has 2 N–H and O–H groups in total. The van der Waals surface area contributed by atoms with Crippen LogP contribution in [-0.4, -0.2) is 20.9 Å². The smallest absolute Gasteiger partial charge is 0.255 e. The van der Waals surface area contributed by atoms with E-state index in [1.807, 2.05) is 6.07 Å². The van der Waals surface area contributed by atoms with Gasteiger partial charge in [-0.2, -0.15) is 0 Å². The molecule has 2 heterocycles. The van der Waals surface area contributed by atoms with Crippen LogP contribution in [0, 0.1) is 0 Å². The minimum absolute atomic E-state index is 0.191. The molecule has 3 rings (SSSR count). The second-order valence-electron chi connectivity index (χ2n) is 4.47.